The highest BCUT2D eigenvalue weighted by molar-refractivity contribution is 5.69. The summed E-state index contributed by atoms with van der Waals surface area (Å²) in [5, 5.41) is 10.3. The van der Waals surface area contributed by atoms with E-state index in [1.807, 2.05) is 72.8 Å². The van der Waals surface area contributed by atoms with Crippen LogP contribution in [0.3, 0.4) is 0 Å². The van der Waals surface area contributed by atoms with Crippen molar-refractivity contribution >= 4 is 17.1 Å². The molecule has 3 N–H and O–H groups in total. The largest absolute Gasteiger partial charge is 0.457 e. The number of hydrogen-bond donors (Lipinski definition) is 3. The maximum absolute atomic E-state index is 5.86. The van der Waals surface area contributed by atoms with E-state index in [-0.39, 0.29) is 0 Å². The molecule has 4 rings (SSSR count). The van der Waals surface area contributed by atoms with Crippen LogP contribution in [0.1, 0.15) is 5.56 Å². The maximum atomic E-state index is 5.86. The molecule has 0 fully saturated rings. The van der Waals surface area contributed by atoms with Crippen molar-refractivity contribution in [1.29, 1.82) is 0 Å². The van der Waals surface area contributed by atoms with Crippen LogP contribution in [0.15, 0.2) is 109 Å². The quantitative estimate of drug-likeness (QED) is 0.280. The number of hydrogen-bond acceptors (Lipinski definition) is 4. The Labute approximate surface area is 177 Å². The van der Waals surface area contributed by atoms with Gasteiger partial charge in [0, 0.05) is 12.2 Å². The molecule has 0 aromatic heterocycles. The number of rotatable bonds is 9. The summed E-state index contributed by atoms with van der Waals surface area (Å²) in [5.74, 6) is 1.67. The first-order valence-corrected chi connectivity index (χ1v) is 10.0. The maximum Gasteiger partial charge on any atom is 0.127 e. The number of nitrogens with one attached hydrogen (secondary N) is 3. The molecule has 0 bridgehead atoms. The Morgan fingerprint density at radius 3 is 1.77 bits per heavy atom. The van der Waals surface area contributed by atoms with Crippen LogP contribution in [-0.4, -0.2) is 6.67 Å². The molecule has 0 saturated heterocycles. The normalized spacial score (nSPS) is 10.3. The van der Waals surface area contributed by atoms with Crippen molar-refractivity contribution < 1.29 is 4.74 Å². The fraction of sp³-hybridized carbons (Fsp3) is 0.0769. The third-order valence-electron chi connectivity index (χ3n) is 4.66. The van der Waals surface area contributed by atoms with Gasteiger partial charge >= 0.3 is 0 Å². The lowest BCUT2D eigenvalue weighted by Gasteiger charge is -2.15. The molecule has 0 aliphatic carbocycles. The Morgan fingerprint density at radius 2 is 1.07 bits per heavy atom. The highest BCUT2D eigenvalue weighted by atomic mass is 16.5. The van der Waals surface area contributed by atoms with E-state index in [1.54, 1.807) is 0 Å². The molecule has 4 heteroatoms. The number of para-hydroxylation sites is 4. The van der Waals surface area contributed by atoms with Crippen molar-refractivity contribution in [1.82, 2.24) is 0 Å². The molecule has 4 aromatic rings. The molecule has 30 heavy (non-hydrogen) atoms. The summed E-state index contributed by atoms with van der Waals surface area (Å²) in [6.07, 6.45) is 0. The molecule has 0 aliphatic rings. The highest BCUT2D eigenvalue weighted by Crippen LogP contribution is 2.24. The van der Waals surface area contributed by atoms with E-state index < -0.39 is 0 Å². The van der Waals surface area contributed by atoms with Gasteiger partial charge in [0.15, 0.2) is 0 Å². The first kappa shape index (κ1) is 19.4. The van der Waals surface area contributed by atoms with Crippen LogP contribution in [0.2, 0.25) is 0 Å². The van der Waals surface area contributed by atoms with E-state index in [1.165, 1.54) is 5.56 Å². The van der Waals surface area contributed by atoms with Crippen molar-refractivity contribution in [2.24, 2.45) is 0 Å². The molecule has 0 saturated carbocycles. The second kappa shape index (κ2) is 10.0. The monoisotopic (exact) mass is 395 g/mol. The van der Waals surface area contributed by atoms with E-state index in [4.69, 9.17) is 4.74 Å². The van der Waals surface area contributed by atoms with E-state index in [0.29, 0.717) is 6.67 Å². The van der Waals surface area contributed by atoms with Gasteiger partial charge in [-0.25, -0.2) is 0 Å². The van der Waals surface area contributed by atoms with Crippen LogP contribution in [-0.2, 0) is 6.54 Å². The van der Waals surface area contributed by atoms with E-state index in [0.717, 1.165) is 35.1 Å². The van der Waals surface area contributed by atoms with Crippen molar-refractivity contribution in [3.8, 4) is 11.5 Å². The Hall–Kier alpha value is -3.92. The van der Waals surface area contributed by atoms with Crippen LogP contribution < -0.4 is 20.7 Å². The first-order valence-electron chi connectivity index (χ1n) is 10.0. The zero-order valence-electron chi connectivity index (χ0n) is 16.7. The van der Waals surface area contributed by atoms with Crippen LogP contribution in [0, 0.1) is 0 Å². The molecule has 0 radical (unpaired) electrons. The Morgan fingerprint density at radius 1 is 0.500 bits per heavy atom. The molecule has 0 heterocycles. The van der Waals surface area contributed by atoms with Crippen LogP contribution in [0.25, 0.3) is 0 Å². The van der Waals surface area contributed by atoms with E-state index >= 15 is 0 Å². The second-order valence-electron chi connectivity index (χ2n) is 6.85. The Balaban J connectivity index is 1.31. The van der Waals surface area contributed by atoms with Gasteiger partial charge in [-0.15, -0.1) is 0 Å². The van der Waals surface area contributed by atoms with Crippen molar-refractivity contribution in [2.75, 3.05) is 22.6 Å². The fourth-order valence-electron chi connectivity index (χ4n) is 3.09. The summed E-state index contributed by atoms with van der Waals surface area (Å²) in [4.78, 5) is 0. The lowest BCUT2D eigenvalue weighted by atomic mass is 10.2. The van der Waals surface area contributed by atoms with Gasteiger partial charge < -0.3 is 20.7 Å². The molecule has 0 amide bonds. The number of anilines is 3. The van der Waals surface area contributed by atoms with Gasteiger partial charge in [-0.05, 0) is 54.1 Å². The number of benzene rings is 4. The minimum absolute atomic E-state index is 0.647. The lowest BCUT2D eigenvalue weighted by Crippen LogP contribution is -2.13. The number of ether oxygens (including phenoxy) is 1. The summed E-state index contributed by atoms with van der Waals surface area (Å²) in [7, 11) is 0. The second-order valence-corrected chi connectivity index (χ2v) is 6.85. The summed E-state index contributed by atoms with van der Waals surface area (Å²) in [6.45, 7) is 1.38. The molecular weight excluding hydrogens is 370 g/mol. The zero-order valence-corrected chi connectivity index (χ0v) is 16.7. The van der Waals surface area contributed by atoms with Crippen LogP contribution in [0.5, 0.6) is 11.5 Å². The molecule has 150 valence electrons. The SMILES string of the molecule is c1ccc(NCNc2ccccc2NCc2ccc(Oc3ccccc3)cc2)cc1. The van der Waals surface area contributed by atoms with E-state index in [9.17, 15) is 0 Å². The summed E-state index contributed by atoms with van der Waals surface area (Å²) < 4.78 is 5.86. The summed E-state index contributed by atoms with van der Waals surface area (Å²) >= 11 is 0. The third-order valence-corrected chi connectivity index (χ3v) is 4.66. The van der Waals surface area contributed by atoms with Crippen LogP contribution in [0.4, 0.5) is 17.1 Å². The third kappa shape index (κ3) is 5.55. The zero-order chi connectivity index (χ0) is 20.4. The molecule has 0 spiro atoms. The minimum atomic E-state index is 0.647. The molecule has 0 aliphatic heterocycles. The Bertz CT molecular complexity index is 1030. The van der Waals surface area contributed by atoms with Gasteiger partial charge in [-0.3, -0.25) is 0 Å². The van der Waals surface area contributed by atoms with Crippen molar-refractivity contribution in [2.45, 2.75) is 6.54 Å². The van der Waals surface area contributed by atoms with Crippen molar-refractivity contribution in [3.63, 3.8) is 0 Å². The van der Waals surface area contributed by atoms with Crippen molar-refractivity contribution in [3.05, 3.63) is 115 Å². The molecule has 4 aromatic carbocycles. The highest BCUT2D eigenvalue weighted by Gasteiger charge is 2.02. The molecule has 0 unspecified atom stereocenters. The average Bonchev–Trinajstić information content (AvgIpc) is 2.81. The van der Waals surface area contributed by atoms with Gasteiger partial charge in [-0.2, -0.15) is 0 Å². The summed E-state index contributed by atoms with van der Waals surface area (Å²) in [5.41, 5.74) is 4.41. The van der Waals surface area contributed by atoms with Gasteiger partial charge in [0.2, 0.25) is 0 Å². The minimum Gasteiger partial charge on any atom is -0.457 e. The fourth-order valence-corrected chi connectivity index (χ4v) is 3.09. The van der Waals surface area contributed by atoms with Gasteiger partial charge in [0.25, 0.3) is 0 Å². The smallest absolute Gasteiger partial charge is 0.127 e. The Kier molecular flexibility index (Phi) is 6.48. The molecule has 0 atom stereocenters. The average molecular weight is 396 g/mol. The van der Waals surface area contributed by atoms with Gasteiger partial charge in [0.1, 0.15) is 11.5 Å². The molecular formula is C26H25N3O. The predicted octanol–water partition coefficient (Wildman–Crippen LogP) is 6.57. The topological polar surface area (TPSA) is 45.3 Å². The summed E-state index contributed by atoms with van der Waals surface area (Å²) in [6, 6.07) is 36.4. The lowest BCUT2D eigenvalue weighted by molar-refractivity contribution is 0.482. The standard InChI is InChI=1S/C26H25N3O/c1-3-9-22(10-4-1)28-20-29-26-14-8-7-13-25(26)27-19-21-15-17-24(18-16-21)30-23-11-5-2-6-12-23/h1-18,27-29H,19-20H2. The van der Waals surface area contributed by atoms with Crippen LogP contribution >= 0.6 is 0 Å². The van der Waals surface area contributed by atoms with Gasteiger partial charge in [0.05, 0.1) is 18.0 Å². The van der Waals surface area contributed by atoms with Gasteiger partial charge in [-0.1, -0.05) is 60.7 Å². The first-order chi connectivity index (χ1) is 14.9. The predicted molar refractivity (Wildman–Crippen MR) is 125 cm³/mol. The van der Waals surface area contributed by atoms with E-state index in [2.05, 4.69) is 52.3 Å². The molecule has 4 nitrogen and oxygen atoms in total.